The molecule has 0 spiro atoms. The fourth-order valence-corrected chi connectivity index (χ4v) is 0.962. The molecule has 1 amide bonds. The predicted molar refractivity (Wildman–Crippen MR) is 49.2 cm³/mol. The van der Waals surface area contributed by atoms with Crippen LogP contribution in [0.25, 0.3) is 0 Å². The van der Waals surface area contributed by atoms with Gasteiger partial charge in [-0.25, -0.2) is 9.97 Å². The number of carbonyl (C=O) groups excluding carboxylic acids is 1. The molecule has 0 aromatic carbocycles. The van der Waals surface area contributed by atoms with Crippen LogP contribution in [0.3, 0.4) is 0 Å². The molecule has 0 fully saturated rings. The van der Waals surface area contributed by atoms with E-state index in [1.54, 1.807) is 13.0 Å². The lowest BCUT2D eigenvalue weighted by Gasteiger charge is -2.00. The Morgan fingerprint density at radius 2 is 2.38 bits per heavy atom. The van der Waals surface area contributed by atoms with Crippen LogP contribution in [0.5, 0.6) is 0 Å². The van der Waals surface area contributed by atoms with Crippen molar-refractivity contribution in [1.82, 2.24) is 9.97 Å². The summed E-state index contributed by atoms with van der Waals surface area (Å²) in [6.45, 7) is 1.74. The molecule has 0 saturated carbocycles. The minimum Gasteiger partial charge on any atom is -0.283 e. The molecule has 0 unspecified atom stereocenters. The topological polar surface area (TPSA) is 54.9 Å². The lowest BCUT2D eigenvalue weighted by Crippen LogP contribution is -2.11. The number of carbonyl (C=O) groups is 1. The van der Waals surface area contributed by atoms with Crippen molar-refractivity contribution in [3.05, 3.63) is 16.9 Å². The number of hydrogen-bond acceptors (Lipinski definition) is 3. The van der Waals surface area contributed by atoms with Crippen LogP contribution in [0.4, 0.5) is 5.95 Å². The zero-order valence-corrected chi connectivity index (χ0v) is 7.59. The van der Waals surface area contributed by atoms with Gasteiger partial charge in [0.2, 0.25) is 5.95 Å². The summed E-state index contributed by atoms with van der Waals surface area (Å²) >= 11 is 5.62. The number of terminal acetylenes is 1. The van der Waals surface area contributed by atoms with E-state index in [1.807, 2.05) is 5.92 Å². The fraction of sp³-hybridized carbons (Fsp3) is 0.125. The minimum atomic E-state index is -0.596. The Kier molecular flexibility index (Phi) is 2.83. The molecule has 66 valence electrons. The number of anilines is 1. The van der Waals surface area contributed by atoms with E-state index in [1.165, 1.54) is 0 Å². The van der Waals surface area contributed by atoms with Gasteiger partial charge in [-0.05, 0) is 18.9 Å². The molecule has 13 heavy (non-hydrogen) atoms. The first kappa shape index (κ1) is 9.49. The summed E-state index contributed by atoms with van der Waals surface area (Å²) in [5, 5.41) is 2.56. The Morgan fingerprint density at radius 1 is 1.69 bits per heavy atom. The molecule has 1 aromatic rings. The van der Waals surface area contributed by atoms with Gasteiger partial charge in [0.25, 0.3) is 0 Å². The lowest BCUT2D eigenvalue weighted by atomic mass is 10.4. The molecule has 0 saturated heterocycles. The third kappa shape index (κ3) is 2.73. The second kappa shape index (κ2) is 3.87. The van der Waals surface area contributed by atoms with Crippen molar-refractivity contribution < 1.29 is 4.79 Å². The molecule has 0 radical (unpaired) electrons. The Bertz CT molecular complexity index is 363. The van der Waals surface area contributed by atoms with Crippen LogP contribution in [-0.4, -0.2) is 15.9 Å². The Balaban J connectivity index is 2.91. The Labute approximate surface area is 80.3 Å². The van der Waals surface area contributed by atoms with E-state index in [2.05, 4.69) is 15.3 Å². The maximum Gasteiger partial charge on any atom is 0.302 e. The molecule has 1 heterocycles. The summed E-state index contributed by atoms with van der Waals surface area (Å²) in [4.78, 5) is 18.4. The van der Waals surface area contributed by atoms with Gasteiger partial charge in [-0.15, -0.1) is 6.42 Å². The van der Waals surface area contributed by atoms with Crippen LogP contribution in [0, 0.1) is 19.3 Å². The summed E-state index contributed by atoms with van der Waals surface area (Å²) in [6.07, 6.45) is 4.85. The number of amides is 1. The Morgan fingerprint density at radius 3 is 2.92 bits per heavy atom. The standard InChI is InChI=1S/C8H6ClN3O/c1-3-7(13)12-8-10-5(2)4-6(9)11-8/h1,4H,2H3,(H,10,11,12,13). The van der Waals surface area contributed by atoms with Crippen molar-refractivity contribution >= 4 is 23.5 Å². The molecule has 0 atom stereocenters. The van der Waals surface area contributed by atoms with Gasteiger partial charge in [-0.1, -0.05) is 11.6 Å². The van der Waals surface area contributed by atoms with Gasteiger partial charge in [-0.3, -0.25) is 10.1 Å². The average molecular weight is 196 g/mol. The smallest absolute Gasteiger partial charge is 0.283 e. The number of halogens is 1. The quantitative estimate of drug-likeness (QED) is 0.538. The SMILES string of the molecule is C#CC(=O)Nc1nc(C)cc(Cl)n1. The van der Waals surface area contributed by atoms with Crippen LogP contribution in [-0.2, 0) is 4.79 Å². The summed E-state index contributed by atoms with van der Waals surface area (Å²) in [6, 6.07) is 1.58. The molecule has 5 heteroatoms. The van der Waals surface area contributed by atoms with Gasteiger partial charge in [0.05, 0.1) is 0 Å². The monoisotopic (exact) mass is 195 g/mol. The van der Waals surface area contributed by atoms with Crippen molar-refractivity contribution in [2.24, 2.45) is 0 Å². The number of aromatic nitrogens is 2. The van der Waals surface area contributed by atoms with Gasteiger partial charge in [-0.2, -0.15) is 0 Å². The molecule has 1 N–H and O–H groups in total. The van der Waals surface area contributed by atoms with Crippen molar-refractivity contribution in [3.8, 4) is 12.3 Å². The number of rotatable bonds is 1. The molecule has 1 aromatic heterocycles. The van der Waals surface area contributed by atoms with Gasteiger partial charge in [0.15, 0.2) is 0 Å². The van der Waals surface area contributed by atoms with E-state index in [0.717, 1.165) is 0 Å². The number of aryl methyl sites for hydroxylation is 1. The van der Waals surface area contributed by atoms with Crippen molar-refractivity contribution in [2.45, 2.75) is 6.92 Å². The minimum absolute atomic E-state index is 0.118. The molecule has 0 aliphatic rings. The highest BCUT2D eigenvalue weighted by atomic mass is 35.5. The normalized spacial score (nSPS) is 9.00. The first-order chi connectivity index (χ1) is 6.11. The summed E-state index contributed by atoms with van der Waals surface area (Å²) in [5.41, 5.74) is 0.660. The molecule has 1 rings (SSSR count). The highest BCUT2D eigenvalue weighted by molar-refractivity contribution is 6.29. The number of nitrogens with zero attached hydrogens (tertiary/aromatic N) is 2. The average Bonchev–Trinajstić information content (AvgIpc) is 2.02. The molecule has 0 aliphatic carbocycles. The molecular weight excluding hydrogens is 190 g/mol. The van der Waals surface area contributed by atoms with Crippen molar-refractivity contribution in [3.63, 3.8) is 0 Å². The van der Waals surface area contributed by atoms with E-state index in [0.29, 0.717) is 5.69 Å². The van der Waals surface area contributed by atoms with Crippen LogP contribution in [0.1, 0.15) is 5.69 Å². The fourth-order valence-electron chi connectivity index (χ4n) is 0.724. The summed E-state index contributed by atoms with van der Waals surface area (Å²) in [7, 11) is 0. The van der Waals surface area contributed by atoms with Crippen LogP contribution in [0.2, 0.25) is 5.15 Å². The van der Waals surface area contributed by atoms with Crippen LogP contribution < -0.4 is 5.32 Å². The zero-order valence-electron chi connectivity index (χ0n) is 6.84. The largest absolute Gasteiger partial charge is 0.302 e. The van der Waals surface area contributed by atoms with E-state index in [9.17, 15) is 4.79 Å². The predicted octanol–water partition coefficient (Wildman–Crippen LogP) is 1.01. The summed E-state index contributed by atoms with van der Waals surface area (Å²) in [5.74, 6) is 1.40. The van der Waals surface area contributed by atoms with Gasteiger partial charge < -0.3 is 0 Å². The molecule has 4 nitrogen and oxygen atoms in total. The second-order valence-electron chi connectivity index (χ2n) is 2.25. The van der Waals surface area contributed by atoms with Crippen LogP contribution >= 0.6 is 11.6 Å². The third-order valence-corrected chi connectivity index (χ3v) is 1.37. The maximum atomic E-state index is 10.7. The molecular formula is C8H6ClN3O. The van der Waals surface area contributed by atoms with E-state index >= 15 is 0 Å². The van der Waals surface area contributed by atoms with E-state index < -0.39 is 5.91 Å². The molecule has 0 aliphatic heterocycles. The van der Waals surface area contributed by atoms with E-state index in [-0.39, 0.29) is 11.1 Å². The maximum absolute atomic E-state index is 10.7. The Hall–Kier alpha value is -1.60. The van der Waals surface area contributed by atoms with Gasteiger partial charge in [0.1, 0.15) is 5.15 Å². The highest BCUT2D eigenvalue weighted by Crippen LogP contribution is 2.08. The summed E-state index contributed by atoms with van der Waals surface area (Å²) < 4.78 is 0. The number of hydrogen-bond donors (Lipinski definition) is 1. The zero-order chi connectivity index (χ0) is 9.84. The molecule has 0 bridgehead atoms. The first-order valence-electron chi connectivity index (χ1n) is 3.40. The van der Waals surface area contributed by atoms with Crippen molar-refractivity contribution in [1.29, 1.82) is 0 Å². The first-order valence-corrected chi connectivity index (χ1v) is 3.78. The number of nitrogens with one attached hydrogen (secondary N) is 1. The third-order valence-electron chi connectivity index (χ3n) is 1.18. The highest BCUT2D eigenvalue weighted by Gasteiger charge is 2.02. The van der Waals surface area contributed by atoms with E-state index in [4.69, 9.17) is 18.0 Å². The lowest BCUT2D eigenvalue weighted by molar-refractivity contribution is -0.111. The van der Waals surface area contributed by atoms with Crippen LogP contribution in [0.15, 0.2) is 6.07 Å². The van der Waals surface area contributed by atoms with Crippen molar-refractivity contribution in [2.75, 3.05) is 5.32 Å². The second-order valence-corrected chi connectivity index (χ2v) is 2.64. The van der Waals surface area contributed by atoms with Gasteiger partial charge >= 0.3 is 5.91 Å². The van der Waals surface area contributed by atoms with Gasteiger partial charge in [0, 0.05) is 5.69 Å².